The molecule has 0 aliphatic heterocycles. The number of benzene rings is 1. The summed E-state index contributed by atoms with van der Waals surface area (Å²) < 4.78 is 4.96. The summed E-state index contributed by atoms with van der Waals surface area (Å²) in [5, 5.41) is 8.22. The van der Waals surface area contributed by atoms with Gasteiger partial charge in [0.1, 0.15) is 6.61 Å². The van der Waals surface area contributed by atoms with Gasteiger partial charge < -0.3 is 15.4 Å². The van der Waals surface area contributed by atoms with Crippen LogP contribution in [0.5, 0.6) is 0 Å². The highest BCUT2D eigenvalue weighted by atomic mass is 16.5. The average Bonchev–Trinajstić information content (AvgIpc) is 2.52. The highest BCUT2D eigenvalue weighted by Crippen LogP contribution is 2.11. The summed E-state index contributed by atoms with van der Waals surface area (Å²) in [5.41, 5.74) is 9.54. The molecule has 0 bridgehead atoms. The Morgan fingerprint density at radius 1 is 1.45 bits per heavy atom. The van der Waals surface area contributed by atoms with Crippen LogP contribution in [-0.2, 0) is 16.1 Å². The van der Waals surface area contributed by atoms with Gasteiger partial charge in [-0.05, 0) is 30.2 Å². The predicted molar refractivity (Wildman–Crippen MR) is 80.7 cm³/mol. The van der Waals surface area contributed by atoms with Crippen LogP contribution >= 0.6 is 0 Å². The Balaban J connectivity index is 2.58. The van der Waals surface area contributed by atoms with Crippen LogP contribution in [-0.4, -0.2) is 24.6 Å². The summed E-state index contributed by atoms with van der Waals surface area (Å²) in [4.78, 5) is 25.4. The van der Waals surface area contributed by atoms with Gasteiger partial charge in [-0.15, -0.1) is 6.42 Å². The quantitative estimate of drug-likeness (QED) is 0.363. The third-order valence-corrected chi connectivity index (χ3v) is 2.49. The van der Waals surface area contributed by atoms with Gasteiger partial charge in [0.15, 0.2) is 6.04 Å². The van der Waals surface area contributed by atoms with Crippen molar-refractivity contribution in [2.75, 3.05) is 11.9 Å². The molecule has 0 heterocycles. The average molecular weight is 301 g/mol. The lowest BCUT2D eigenvalue weighted by Gasteiger charge is -2.08. The molecule has 0 radical (unpaired) electrons. The molecule has 2 N–H and O–H groups in total. The second-order valence-electron chi connectivity index (χ2n) is 4.07. The number of anilines is 1. The van der Waals surface area contributed by atoms with E-state index in [1.165, 1.54) is 0 Å². The smallest absolute Gasteiger partial charge is 0.407 e. The van der Waals surface area contributed by atoms with Crippen molar-refractivity contribution >= 4 is 17.7 Å². The summed E-state index contributed by atoms with van der Waals surface area (Å²) in [7, 11) is 0. The van der Waals surface area contributed by atoms with Crippen molar-refractivity contribution in [3.63, 3.8) is 0 Å². The fourth-order valence-corrected chi connectivity index (χ4v) is 1.45. The van der Waals surface area contributed by atoms with Crippen molar-refractivity contribution in [1.82, 2.24) is 5.32 Å². The van der Waals surface area contributed by atoms with E-state index in [1.54, 1.807) is 31.2 Å². The second kappa shape index (κ2) is 8.89. The van der Waals surface area contributed by atoms with E-state index in [1.807, 2.05) is 0 Å². The SMILES string of the molecule is C#C[C@H](N=[N+]=[N-])C(=O)Nc1ccc(COC(=O)NCC)cc1. The fourth-order valence-electron chi connectivity index (χ4n) is 1.45. The van der Waals surface area contributed by atoms with E-state index < -0.39 is 18.0 Å². The van der Waals surface area contributed by atoms with Crippen molar-refractivity contribution in [1.29, 1.82) is 0 Å². The molecule has 1 aromatic rings. The minimum atomic E-state index is -1.20. The summed E-state index contributed by atoms with van der Waals surface area (Å²) in [5.74, 6) is 1.49. The van der Waals surface area contributed by atoms with E-state index in [2.05, 4.69) is 26.6 Å². The first-order chi connectivity index (χ1) is 10.6. The molecule has 0 unspecified atom stereocenters. The van der Waals surface area contributed by atoms with E-state index in [9.17, 15) is 9.59 Å². The zero-order chi connectivity index (χ0) is 16.4. The van der Waals surface area contributed by atoms with E-state index in [-0.39, 0.29) is 6.61 Å². The topological polar surface area (TPSA) is 116 Å². The van der Waals surface area contributed by atoms with Crippen LogP contribution in [0.15, 0.2) is 29.4 Å². The van der Waals surface area contributed by atoms with Gasteiger partial charge >= 0.3 is 6.09 Å². The predicted octanol–water partition coefficient (Wildman–Crippen LogP) is 2.18. The number of nitrogens with zero attached hydrogens (tertiary/aromatic N) is 3. The summed E-state index contributed by atoms with van der Waals surface area (Å²) in [6.07, 6.45) is 4.61. The van der Waals surface area contributed by atoms with Crippen LogP contribution in [0.3, 0.4) is 0 Å². The number of nitrogens with one attached hydrogen (secondary N) is 2. The molecule has 1 rings (SSSR count). The molecule has 1 aromatic carbocycles. The highest BCUT2D eigenvalue weighted by molar-refractivity contribution is 5.97. The van der Waals surface area contributed by atoms with Gasteiger partial charge in [-0.1, -0.05) is 23.2 Å². The fraction of sp³-hybridized carbons (Fsp3) is 0.286. The molecule has 0 saturated heterocycles. The Hall–Kier alpha value is -3.17. The van der Waals surface area contributed by atoms with Gasteiger partial charge in [-0.2, -0.15) is 0 Å². The number of rotatable bonds is 6. The molecule has 0 spiro atoms. The molecule has 114 valence electrons. The number of azide groups is 1. The van der Waals surface area contributed by atoms with E-state index in [4.69, 9.17) is 16.7 Å². The third-order valence-electron chi connectivity index (χ3n) is 2.49. The maximum Gasteiger partial charge on any atom is 0.407 e. The zero-order valence-electron chi connectivity index (χ0n) is 11.9. The first-order valence-corrected chi connectivity index (χ1v) is 6.41. The Kier molecular flexibility index (Phi) is 6.82. The monoisotopic (exact) mass is 301 g/mol. The molecular weight excluding hydrogens is 286 g/mol. The van der Waals surface area contributed by atoms with Gasteiger partial charge in [0.25, 0.3) is 0 Å². The lowest BCUT2D eigenvalue weighted by atomic mass is 10.2. The van der Waals surface area contributed by atoms with Crippen molar-refractivity contribution < 1.29 is 14.3 Å². The molecule has 0 aliphatic rings. The minimum absolute atomic E-state index is 0.117. The van der Waals surface area contributed by atoms with E-state index in [0.717, 1.165) is 5.56 Å². The van der Waals surface area contributed by atoms with Gasteiger partial charge in [-0.25, -0.2) is 4.79 Å². The van der Waals surface area contributed by atoms with Crippen LogP contribution < -0.4 is 10.6 Å². The van der Waals surface area contributed by atoms with Crippen LogP contribution in [0.25, 0.3) is 10.4 Å². The van der Waals surface area contributed by atoms with Gasteiger partial charge in [0.2, 0.25) is 5.91 Å². The maximum atomic E-state index is 11.7. The van der Waals surface area contributed by atoms with E-state index >= 15 is 0 Å². The Morgan fingerprint density at radius 2 is 2.14 bits per heavy atom. The van der Waals surface area contributed by atoms with E-state index in [0.29, 0.717) is 12.2 Å². The summed E-state index contributed by atoms with van der Waals surface area (Å²) >= 11 is 0. The standard InChI is InChI=1S/C14H15N5O3/c1-3-12(18-19-15)13(20)17-11-7-5-10(6-8-11)9-22-14(21)16-4-2/h1,5-8,12H,4,9H2,2H3,(H,16,21)(H,17,20)/t12-/m0/s1. The van der Waals surface area contributed by atoms with Crippen LogP contribution in [0.4, 0.5) is 10.5 Å². The molecule has 2 amide bonds. The number of hydrogen-bond acceptors (Lipinski definition) is 4. The number of ether oxygens (including phenoxy) is 1. The third kappa shape index (κ3) is 5.45. The van der Waals surface area contributed by atoms with Crippen LogP contribution in [0.1, 0.15) is 12.5 Å². The minimum Gasteiger partial charge on any atom is -0.445 e. The maximum absolute atomic E-state index is 11.7. The highest BCUT2D eigenvalue weighted by Gasteiger charge is 2.13. The Bertz CT molecular complexity index is 614. The Morgan fingerprint density at radius 3 is 2.68 bits per heavy atom. The molecule has 8 nitrogen and oxygen atoms in total. The second-order valence-corrected chi connectivity index (χ2v) is 4.07. The number of amides is 2. The molecule has 0 saturated carbocycles. The van der Waals surface area contributed by atoms with Crippen molar-refractivity contribution in [2.45, 2.75) is 19.6 Å². The van der Waals surface area contributed by atoms with Crippen molar-refractivity contribution in [3.05, 3.63) is 40.3 Å². The van der Waals surface area contributed by atoms with Crippen LogP contribution in [0, 0.1) is 12.3 Å². The molecule has 22 heavy (non-hydrogen) atoms. The Labute approximate surface area is 127 Å². The lowest BCUT2D eigenvalue weighted by Crippen LogP contribution is -2.24. The largest absolute Gasteiger partial charge is 0.445 e. The van der Waals surface area contributed by atoms with Gasteiger partial charge in [0.05, 0.1) is 0 Å². The number of terminal acetylenes is 1. The molecule has 1 atom stereocenters. The molecule has 0 fully saturated rings. The normalized spacial score (nSPS) is 10.5. The van der Waals surface area contributed by atoms with Gasteiger partial charge in [0, 0.05) is 17.1 Å². The number of hydrogen-bond donors (Lipinski definition) is 2. The molecule has 0 aliphatic carbocycles. The number of carbonyl (C=O) groups excluding carboxylic acids is 2. The van der Waals surface area contributed by atoms with Gasteiger partial charge in [-0.3, -0.25) is 4.79 Å². The summed E-state index contributed by atoms with van der Waals surface area (Å²) in [6, 6.07) is 5.42. The summed E-state index contributed by atoms with van der Waals surface area (Å²) in [6.45, 7) is 2.40. The van der Waals surface area contributed by atoms with Crippen molar-refractivity contribution in [2.24, 2.45) is 5.11 Å². The number of alkyl carbamates (subject to hydrolysis) is 1. The van der Waals surface area contributed by atoms with Crippen molar-refractivity contribution in [3.8, 4) is 12.3 Å². The molecular formula is C14H15N5O3. The lowest BCUT2D eigenvalue weighted by molar-refractivity contribution is -0.116. The van der Waals surface area contributed by atoms with Crippen LogP contribution in [0.2, 0.25) is 0 Å². The first-order valence-electron chi connectivity index (χ1n) is 6.41. The molecule has 0 aromatic heterocycles. The number of carbonyl (C=O) groups is 2. The first kappa shape index (κ1) is 16.9. The zero-order valence-corrected chi connectivity index (χ0v) is 11.9. The molecule has 8 heteroatoms.